The van der Waals surface area contributed by atoms with Gasteiger partial charge >= 0.3 is 0 Å². The van der Waals surface area contributed by atoms with Gasteiger partial charge in [0.25, 0.3) is 0 Å². The number of rotatable bonds is 5. The van der Waals surface area contributed by atoms with Crippen LogP contribution in [0.15, 0.2) is 12.3 Å². The SMILES string of the molecule is CSC1(CNCc2ccnc(C)n2)CCCCC1. The van der Waals surface area contributed by atoms with Crippen LogP contribution in [0, 0.1) is 6.92 Å². The van der Waals surface area contributed by atoms with Gasteiger partial charge in [0.1, 0.15) is 5.82 Å². The van der Waals surface area contributed by atoms with Crippen molar-refractivity contribution in [2.75, 3.05) is 12.8 Å². The summed E-state index contributed by atoms with van der Waals surface area (Å²) in [4.78, 5) is 8.55. The molecular formula is C14H23N3S. The number of nitrogens with one attached hydrogen (secondary N) is 1. The second-order valence-electron chi connectivity index (χ2n) is 5.15. The van der Waals surface area contributed by atoms with Crippen molar-refractivity contribution in [2.45, 2.75) is 50.3 Å². The molecule has 1 fully saturated rings. The normalized spacial score (nSPS) is 18.8. The number of thioether (sulfide) groups is 1. The molecule has 0 bridgehead atoms. The number of aromatic nitrogens is 2. The maximum atomic E-state index is 4.42. The lowest BCUT2D eigenvalue weighted by molar-refractivity contribution is 0.379. The molecule has 0 unspecified atom stereocenters. The lowest BCUT2D eigenvalue weighted by Crippen LogP contribution is -2.39. The first-order valence-electron chi connectivity index (χ1n) is 6.78. The second kappa shape index (κ2) is 6.53. The highest BCUT2D eigenvalue weighted by molar-refractivity contribution is 8.00. The van der Waals surface area contributed by atoms with Crippen LogP contribution in [0.1, 0.15) is 43.6 Å². The van der Waals surface area contributed by atoms with Crippen LogP contribution >= 0.6 is 11.8 Å². The van der Waals surface area contributed by atoms with Gasteiger partial charge in [-0.15, -0.1) is 0 Å². The summed E-state index contributed by atoms with van der Waals surface area (Å²) in [6.07, 6.45) is 11.0. The van der Waals surface area contributed by atoms with Crippen LogP contribution in [0.3, 0.4) is 0 Å². The Balaban J connectivity index is 1.83. The van der Waals surface area contributed by atoms with E-state index in [1.165, 1.54) is 32.1 Å². The van der Waals surface area contributed by atoms with Gasteiger partial charge in [-0.2, -0.15) is 11.8 Å². The standard InChI is InChI=1S/C14H23N3S/c1-12-16-9-6-13(17-12)10-15-11-14(18-2)7-4-3-5-8-14/h6,9,15H,3-5,7-8,10-11H2,1-2H3. The van der Waals surface area contributed by atoms with E-state index in [1.807, 2.05) is 30.9 Å². The molecule has 3 nitrogen and oxygen atoms in total. The average molecular weight is 265 g/mol. The Labute approximate surface area is 114 Å². The molecule has 0 saturated heterocycles. The fraction of sp³-hybridized carbons (Fsp3) is 0.714. The Morgan fingerprint density at radius 2 is 2.11 bits per heavy atom. The summed E-state index contributed by atoms with van der Waals surface area (Å²) in [5.74, 6) is 0.853. The molecule has 1 N–H and O–H groups in total. The first-order valence-corrected chi connectivity index (χ1v) is 8.01. The molecule has 1 aliphatic carbocycles. The fourth-order valence-electron chi connectivity index (χ4n) is 2.67. The van der Waals surface area contributed by atoms with E-state index in [4.69, 9.17) is 0 Å². The van der Waals surface area contributed by atoms with Crippen molar-refractivity contribution >= 4 is 11.8 Å². The molecule has 2 rings (SSSR count). The summed E-state index contributed by atoms with van der Waals surface area (Å²) in [6.45, 7) is 3.89. The third kappa shape index (κ3) is 3.69. The van der Waals surface area contributed by atoms with Gasteiger partial charge in [-0.05, 0) is 32.1 Å². The van der Waals surface area contributed by atoms with Gasteiger partial charge in [-0.25, -0.2) is 9.97 Å². The van der Waals surface area contributed by atoms with E-state index in [-0.39, 0.29) is 0 Å². The van der Waals surface area contributed by atoms with Gasteiger partial charge in [-0.1, -0.05) is 19.3 Å². The van der Waals surface area contributed by atoms with E-state index < -0.39 is 0 Å². The number of hydrogen-bond acceptors (Lipinski definition) is 4. The number of aryl methyl sites for hydroxylation is 1. The van der Waals surface area contributed by atoms with Crippen molar-refractivity contribution in [2.24, 2.45) is 0 Å². The lowest BCUT2D eigenvalue weighted by atomic mass is 9.88. The second-order valence-corrected chi connectivity index (χ2v) is 6.42. The van der Waals surface area contributed by atoms with Gasteiger partial charge in [0.2, 0.25) is 0 Å². The van der Waals surface area contributed by atoms with Crippen LogP contribution in [0.25, 0.3) is 0 Å². The molecule has 4 heteroatoms. The van der Waals surface area contributed by atoms with Crippen LogP contribution in [-0.2, 0) is 6.54 Å². The van der Waals surface area contributed by atoms with E-state index in [2.05, 4.69) is 21.5 Å². The van der Waals surface area contributed by atoms with Crippen molar-refractivity contribution < 1.29 is 0 Å². The summed E-state index contributed by atoms with van der Waals surface area (Å²) in [5.41, 5.74) is 1.09. The van der Waals surface area contributed by atoms with Crippen molar-refractivity contribution in [1.82, 2.24) is 15.3 Å². The van der Waals surface area contributed by atoms with E-state index in [9.17, 15) is 0 Å². The summed E-state index contributed by atoms with van der Waals surface area (Å²) >= 11 is 2.04. The fourth-order valence-corrected chi connectivity index (χ4v) is 3.61. The Morgan fingerprint density at radius 1 is 1.33 bits per heavy atom. The number of hydrogen-bond donors (Lipinski definition) is 1. The minimum atomic E-state index is 0.459. The van der Waals surface area contributed by atoms with Crippen LogP contribution in [-0.4, -0.2) is 27.5 Å². The molecule has 0 amide bonds. The maximum Gasteiger partial charge on any atom is 0.125 e. The molecule has 0 atom stereocenters. The minimum absolute atomic E-state index is 0.459. The zero-order chi connectivity index (χ0) is 12.8. The van der Waals surface area contributed by atoms with Crippen molar-refractivity contribution in [3.8, 4) is 0 Å². The highest BCUT2D eigenvalue weighted by Crippen LogP contribution is 2.37. The first-order chi connectivity index (χ1) is 8.74. The Bertz CT molecular complexity index is 375. The summed E-state index contributed by atoms with van der Waals surface area (Å²) in [6, 6.07) is 1.99. The van der Waals surface area contributed by atoms with Crippen LogP contribution in [0.2, 0.25) is 0 Å². The monoisotopic (exact) mass is 265 g/mol. The molecule has 0 spiro atoms. The molecule has 0 radical (unpaired) electrons. The molecule has 18 heavy (non-hydrogen) atoms. The van der Waals surface area contributed by atoms with E-state index >= 15 is 0 Å². The van der Waals surface area contributed by atoms with Gasteiger partial charge in [0.05, 0.1) is 5.69 Å². The van der Waals surface area contributed by atoms with Gasteiger partial charge in [0.15, 0.2) is 0 Å². The number of nitrogens with zero attached hydrogens (tertiary/aromatic N) is 2. The molecule has 0 aliphatic heterocycles. The lowest BCUT2D eigenvalue weighted by Gasteiger charge is -2.36. The molecule has 1 aromatic rings. The third-order valence-corrected chi connectivity index (χ3v) is 5.20. The molecule has 1 heterocycles. The van der Waals surface area contributed by atoms with Gasteiger partial charge in [-0.3, -0.25) is 0 Å². The minimum Gasteiger partial charge on any atom is -0.310 e. The smallest absolute Gasteiger partial charge is 0.125 e. The molecule has 1 saturated carbocycles. The van der Waals surface area contributed by atoms with Crippen molar-refractivity contribution in [1.29, 1.82) is 0 Å². The van der Waals surface area contributed by atoms with E-state index in [0.717, 1.165) is 24.6 Å². The maximum absolute atomic E-state index is 4.42. The van der Waals surface area contributed by atoms with Crippen molar-refractivity contribution in [3.05, 3.63) is 23.8 Å². The quantitative estimate of drug-likeness (QED) is 0.888. The van der Waals surface area contributed by atoms with Gasteiger partial charge < -0.3 is 5.32 Å². The predicted molar refractivity (Wildman–Crippen MR) is 77.8 cm³/mol. The molecule has 0 aromatic carbocycles. The Morgan fingerprint density at radius 3 is 2.78 bits per heavy atom. The van der Waals surface area contributed by atoms with E-state index in [0.29, 0.717) is 4.75 Å². The van der Waals surface area contributed by atoms with Crippen LogP contribution in [0.4, 0.5) is 0 Å². The molecule has 1 aliphatic rings. The topological polar surface area (TPSA) is 37.8 Å². The summed E-state index contributed by atoms with van der Waals surface area (Å²) in [5, 5.41) is 3.58. The zero-order valence-electron chi connectivity index (χ0n) is 11.4. The average Bonchev–Trinajstić information content (AvgIpc) is 2.40. The third-order valence-electron chi connectivity index (χ3n) is 3.78. The van der Waals surface area contributed by atoms with E-state index in [1.54, 1.807) is 0 Å². The predicted octanol–water partition coefficient (Wildman–Crippen LogP) is 2.94. The zero-order valence-corrected chi connectivity index (χ0v) is 12.2. The van der Waals surface area contributed by atoms with Crippen molar-refractivity contribution in [3.63, 3.8) is 0 Å². The molecule has 1 aromatic heterocycles. The summed E-state index contributed by atoms with van der Waals surface area (Å²) < 4.78 is 0.459. The highest BCUT2D eigenvalue weighted by atomic mass is 32.2. The van der Waals surface area contributed by atoms with Crippen LogP contribution < -0.4 is 5.32 Å². The Hall–Kier alpha value is -0.610. The largest absolute Gasteiger partial charge is 0.310 e. The molecule has 100 valence electrons. The summed E-state index contributed by atoms with van der Waals surface area (Å²) in [7, 11) is 0. The molecular weight excluding hydrogens is 242 g/mol. The Kier molecular flexibility index (Phi) is 5.01. The van der Waals surface area contributed by atoms with Gasteiger partial charge in [0, 0.05) is 24.0 Å². The van der Waals surface area contributed by atoms with Crippen LogP contribution in [0.5, 0.6) is 0 Å². The first kappa shape index (κ1) is 13.8. The highest BCUT2D eigenvalue weighted by Gasteiger charge is 2.30.